The van der Waals surface area contributed by atoms with Gasteiger partial charge >= 0.3 is 5.69 Å². The van der Waals surface area contributed by atoms with Crippen molar-refractivity contribution in [2.75, 3.05) is 17.2 Å². The highest BCUT2D eigenvalue weighted by molar-refractivity contribution is 7.99. The van der Waals surface area contributed by atoms with Gasteiger partial charge in [0, 0.05) is 12.7 Å². The Morgan fingerprint density at radius 3 is 2.93 bits per heavy atom. The minimum atomic E-state index is -0.515. The highest BCUT2D eigenvalue weighted by Gasteiger charge is 2.00. The van der Waals surface area contributed by atoms with E-state index in [0.29, 0.717) is 6.54 Å². The number of thioether (sulfide) groups is 1. The van der Waals surface area contributed by atoms with Gasteiger partial charge in [0.25, 0.3) is 5.56 Å². The number of hydrogen-bond donors (Lipinski definition) is 2. The van der Waals surface area contributed by atoms with Crippen LogP contribution < -0.4 is 17.0 Å². The number of nitrogens with one attached hydrogen (secondary N) is 1. The molecule has 0 bridgehead atoms. The van der Waals surface area contributed by atoms with Gasteiger partial charge in [-0.3, -0.25) is 14.3 Å². The van der Waals surface area contributed by atoms with Gasteiger partial charge < -0.3 is 5.73 Å². The molecule has 1 rings (SSSR count). The molecule has 0 aliphatic heterocycles. The molecule has 15 heavy (non-hydrogen) atoms. The van der Waals surface area contributed by atoms with Crippen LogP contribution in [0.15, 0.2) is 15.8 Å². The third kappa shape index (κ3) is 3.47. The van der Waals surface area contributed by atoms with E-state index in [1.807, 2.05) is 11.8 Å². The zero-order valence-electron chi connectivity index (χ0n) is 8.66. The molecule has 1 aromatic heterocycles. The maximum Gasteiger partial charge on any atom is 0.328 e. The standard InChI is InChI=1S/C9H15N3O2S/c1-2-15-5-3-4-12-6-7(10)8(13)11-9(12)14/h6H,2-5,10H2,1H3,(H,11,13,14). The number of anilines is 1. The van der Waals surface area contributed by atoms with Crippen molar-refractivity contribution < 1.29 is 0 Å². The summed E-state index contributed by atoms with van der Waals surface area (Å²) in [5.74, 6) is 2.07. The van der Waals surface area contributed by atoms with E-state index in [0.717, 1.165) is 17.9 Å². The van der Waals surface area contributed by atoms with Gasteiger partial charge in [0.1, 0.15) is 5.69 Å². The molecule has 0 aliphatic rings. The van der Waals surface area contributed by atoms with Crippen LogP contribution in [0.5, 0.6) is 0 Å². The number of nitrogens with two attached hydrogens (primary N) is 1. The summed E-state index contributed by atoms with van der Waals surface area (Å²) in [6, 6.07) is 0. The monoisotopic (exact) mass is 229 g/mol. The first-order valence-electron chi connectivity index (χ1n) is 4.82. The average Bonchev–Trinajstić information content (AvgIpc) is 2.20. The lowest BCUT2D eigenvalue weighted by Gasteiger charge is -2.04. The SMILES string of the molecule is CCSCCCn1cc(N)c(=O)[nH]c1=O. The molecule has 84 valence electrons. The topological polar surface area (TPSA) is 80.9 Å². The molecule has 3 N–H and O–H groups in total. The predicted molar refractivity (Wildman–Crippen MR) is 63.4 cm³/mol. The minimum Gasteiger partial charge on any atom is -0.393 e. The highest BCUT2D eigenvalue weighted by atomic mass is 32.2. The zero-order valence-corrected chi connectivity index (χ0v) is 9.47. The maximum atomic E-state index is 11.3. The van der Waals surface area contributed by atoms with Gasteiger partial charge in [-0.1, -0.05) is 6.92 Å². The number of rotatable bonds is 5. The second kappa shape index (κ2) is 5.65. The number of nitrogen functional groups attached to an aromatic ring is 1. The summed E-state index contributed by atoms with van der Waals surface area (Å²) in [5, 5.41) is 0. The number of aromatic nitrogens is 2. The number of H-pyrrole nitrogens is 1. The number of aromatic amines is 1. The summed E-state index contributed by atoms with van der Waals surface area (Å²) < 4.78 is 1.44. The van der Waals surface area contributed by atoms with Crippen molar-refractivity contribution in [3.05, 3.63) is 27.0 Å². The highest BCUT2D eigenvalue weighted by Crippen LogP contribution is 2.01. The van der Waals surface area contributed by atoms with Crippen LogP contribution in [-0.4, -0.2) is 21.1 Å². The molecule has 0 saturated heterocycles. The van der Waals surface area contributed by atoms with Crippen LogP contribution >= 0.6 is 11.8 Å². The molecule has 0 spiro atoms. The maximum absolute atomic E-state index is 11.3. The third-order valence-electron chi connectivity index (χ3n) is 1.93. The first-order chi connectivity index (χ1) is 7.15. The summed E-state index contributed by atoms with van der Waals surface area (Å²) in [7, 11) is 0. The minimum absolute atomic E-state index is 0.0812. The van der Waals surface area contributed by atoms with Crippen molar-refractivity contribution >= 4 is 17.4 Å². The van der Waals surface area contributed by atoms with Gasteiger partial charge in [0.05, 0.1) is 0 Å². The molecular weight excluding hydrogens is 214 g/mol. The Balaban J connectivity index is 2.66. The van der Waals surface area contributed by atoms with E-state index < -0.39 is 11.2 Å². The van der Waals surface area contributed by atoms with Crippen LogP contribution in [-0.2, 0) is 6.54 Å². The zero-order chi connectivity index (χ0) is 11.3. The Kier molecular flexibility index (Phi) is 4.48. The molecule has 0 aromatic carbocycles. The lowest BCUT2D eigenvalue weighted by Crippen LogP contribution is -2.31. The van der Waals surface area contributed by atoms with E-state index in [-0.39, 0.29) is 5.69 Å². The molecule has 0 fully saturated rings. The van der Waals surface area contributed by atoms with E-state index in [4.69, 9.17) is 5.73 Å². The van der Waals surface area contributed by atoms with Gasteiger partial charge in [-0.2, -0.15) is 11.8 Å². The second-order valence-electron chi connectivity index (χ2n) is 3.09. The quantitative estimate of drug-likeness (QED) is 0.710. The number of aryl methyl sites for hydroxylation is 1. The average molecular weight is 229 g/mol. The summed E-state index contributed by atoms with van der Waals surface area (Å²) in [6.07, 6.45) is 2.29. The predicted octanol–water partition coefficient (Wildman–Crippen LogP) is 0.262. The molecular formula is C9H15N3O2S. The fourth-order valence-electron chi connectivity index (χ4n) is 1.17. The molecule has 6 heteroatoms. The first kappa shape index (κ1) is 11.9. The Bertz CT molecular complexity index is 424. The van der Waals surface area contributed by atoms with Crippen LogP contribution in [0.2, 0.25) is 0 Å². The Morgan fingerprint density at radius 2 is 2.27 bits per heavy atom. The molecule has 0 saturated carbocycles. The summed E-state index contributed by atoms with van der Waals surface area (Å²) in [4.78, 5) is 24.4. The largest absolute Gasteiger partial charge is 0.393 e. The Hall–Kier alpha value is -1.17. The molecule has 1 heterocycles. The van der Waals surface area contributed by atoms with Crippen LogP contribution in [0.3, 0.4) is 0 Å². The molecule has 0 radical (unpaired) electrons. The van der Waals surface area contributed by atoms with Crippen LogP contribution in [0.1, 0.15) is 13.3 Å². The van der Waals surface area contributed by atoms with Gasteiger partial charge in [-0.05, 0) is 17.9 Å². The van der Waals surface area contributed by atoms with E-state index >= 15 is 0 Å². The fourth-order valence-corrected chi connectivity index (χ4v) is 1.80. The van der Waals surface area contributed by atoms with Crippen LogP contribution in [0.4, 0.5) is 5.69 Å². The van der Waals surface area contributed by atoms with E-state index in [9.17, 15) is 9.59 Å². The fraction of sp³-hybridized carbons (Fsp3) is 0.556. The Labute approximate surface area is 91.7 Å². The normalized spacial score (nSPS) is 10.5. The van der Waals surface area contributed by atoms with E-state index in [1.54, 1.807) is 0 Å². The molecule has 1 aromatic rings. The van der Waals surface area contributed by atoms with Gasteiger partial charge in [0.15, 0.2) is 0 Å². The van der Waals surface area contributed by atoms with Crippen molar-refractivity contribution in [2.45, 2.75) is 19.9 Å². The van der Waals surface area contributed by atoms with Crippen molar-refractivity contribution in [1.29, 1.82) is 0 Å². The lowest BCUT2D eigenvalue weighted by atomic mass is 10.4. The third-order valence-corrected chi connectivity index (χ3v) is 2.92. The van der Waals surface area contributed by atoms with Crippen LogP contribution in [0, 0.1) is 0 Å². The summed E-state index contributed by atoms with van der Waals surface area (Å²) in [5.41, 5.74) is 4.58. The second-order valence-corrected chi connectivity index (χ2v) is 4.48. The van der Waals surface area contributed by atoms with Gasteiger partial charge in [-0.15, -0.1) is 0 Å². The van der Waals surface area contributed by atoms with Gasteiger partial charge in [0.2, 0.25) is 0 Å². The summed E-state index contributed by atoms with van der Waals surface area (Å²) in [6.45, 7) is 2.68. The van der Waals surface area contributed by atoms with E-state index in [2.05, 4.69) is 11.9 Å². The lowest BCUT2D eigenvalue weighted by molar-refractivity contribution is 0.638. The van der Waals surface area contributed by atoms with Gasteiger partial charge in [-0.25, -0.2) is 4.79 Å². The van der Waals surface area contributed by atoms with Crippen molar-refractivity contribution in [3.8, 4) is 0 Å². The van der Waals surface area contributed by atoms with Crippen molar-refractivity contribution in [3.63, 3.8) is 0 Å². The number of hydrogen-bond acceptors (Lipinski definition) is 4. The number of nitrogens with zero attached hydrogens (tertiary/aromatic N) is 1. The van der Waals surface area contributed by atoms with Crippen molar-refractivity contribution in [2.24, 2.45) is 0 Å². The Morgan fingerprint density at radius 1 is 1.53 bits per heavy atom. The smallest absolute Gasteiger partial charge is 0.328 e. The van der Waals surface area contributed by atoms with E-state index in [1.165, 1.54) is 10.8 Å². The molecule has 0 unspecified atom stereocenters. The molecule has 0 amide bonds. The van der Waals surface area contributed by atoms with Crippen molar-refractivity contribution in [1.82, 2.24) is 9.55 Å². The molecule has 0 atom stereocenters. The first-order valence-corrected chi connectivity index (χ1v) is 5.97. The molecule has 0 aliphatic carbocycles. The summed E-state index contributed by atoms with van der Waals surface area (Å²) >= 11 is 1.82. The molecule has 5 nitrogen and oxygen atoms in total. The van der Waals surface area contributed by atoms with Crippen LogP contribution in [0.25, 0.3) is 0 Å².